The van der Waals surface area contributed by atoms with Crippen molar-refractivity contribution in [1.82, 2.24) is 0 Å². The molecule has 0 heterocycles. The van der Waals surface area contributed by atoms with Gasteiger partial charge in [-0.1, -0.05) is 451 Å². The summed E-state index contributed by atoms with van der Waals surface area (Å²) in [6, 6.07) is 189. The minimum atomic E-state index is -0.633. The van der Waals surface area contributed by atoms with E-state index in [0.717, 1.165) is 45.3 Å². The van der Waals surface area contributed by atoms with E-state index >= 15 is 0 Å². The van der Waals surface area contributed by atoms with Gasteiger partial charge in [0, 0.05) is 39.3 Å². The second-order valence-electron chi connectivity index (χ2n) is 34.8. The highest BCUT2D eigenvalue weighted by Crippen LogP contribution is 2.68. The average Bonchev–Trinajstić information content (AvgIpc) is 1.36. The monoisotopic (exact) mass is 1630 g/mol. The third-order valence-electron chi connectivity index (χ3n) is 27.7. The fourth-order valence-electron chi connectivity index (χ4n) is 22.3. The number of benzene rings is 20. The first-order valence-corrected chi connectivity index (χ1v) is 44.7. The molecule has 4 aliphatic rings. The summed E-state index contributed by atoms with van der Waals surface area (Å²) in [6.07, 6.45) is 0. The fraction of sp³-hybridized carbons (Fsp3) is 0.0476. The van der Waals surface area contributed by atoms with Gasteiger partial charge < -0.3 is 9.80 Å². The molecule has 0 bridgehead atoms. The molecule has 0 atom stereocenters. The first-order chi connectivity index (χ1) is 63.3. The van der Waals surface area contributed by atoms with Crippen LogP contribution in [0.2, 0.25) is 0 Å². The van der Waals surface area contributed by atoms with Crippen molar-refractivity contribution in [3.63, 3.8) is 0 Å². The Morgan fingerprint density at radius 2 is 0.367 bits per heavy atom. The summed E-state index contributed by atoms with van der Waals surface area (Å²) in [5, 5.41) is 0. The van der Waals surface area contributed by atoms with Gasteiger partial charge in [-0.3, -0.25) is 0 Å². The maximum atomic E-state index is 2.52. The van der Waals surface area contributed by atoms with Crippen LogP contribution < -0.4 is 9.80 Å². The topological polar surface area (TPSA) is 6.48 Å². The zero-order valence-corrected chi connectivity index (χ0v) is 71.4. The molecule has 0 fully saturated rings. The van der Waals surface area contributed by atoms with Crippen molar-refractivity contribution in [3.8, 4) is 89.0 Å². The molecule has 2 nitrogen and oxygen atoms in total. The molecule has 604 valence electrons. The van der Waals surface area contributed by atoms with Gasteiger partial charge in [0.15, 0.2) is 0 Å². The van der Waals surface area contributed by atoms with Gasteiger partial charge in [0.2, 0.25) is 0 Å². The highest BCUT2D eigenvalue weighted by atomic mass is 15.2. The molecule has 0 radical (unpaired) electrons. The van der Waals surface area contributed by atoms with Crippen LogP contribution in [0.1, 0.15) is 91.7 Å². The summed E-state index contributed by atoms with van der Waals surface area (Å²) in [5.74, 6) is 0. The van der Waals surface area contributed by atoms with Crippen molar-refractivity contribution in [2.24, 2.45) is 0 Å². The van der Waals surface area contributed by atoms with Crippen molar-refractivity contribution in [3.05, 3.63) is 587 Å². The summed E-state index contributed by atoms with van der Waals surface area (Å²) < 4.78 is 0. The number of anilines is 6. The molecule has 0 amide bonds. The molecule has 0 aliphatic heterocycles. The molecule has 20 aromatic rings. The highest BCUT2D eigenvalue weighted by molar-refractivity contribution is 6.02. The minimum Gasteiger partial charge on any atom is -0.310 e. The molecular formula is C126H90N2. The van der Waals surface area contributed by atoms with E-state index in [1.807, 2.05) is 0 Å². The second kappa shape index (κ2) is 31.7. The predicted octanol–water partition coefficient (Wildman–Crippen LogP) is 32.4. The Kier molecular flexibility index (Phi) is 19.0. The van der Waals surface area contributed by atoms with Gasteiger partial charge in [0.1, 0.15) is 0 Å². The molecule has 24 rings (SSSR count). The Balaban J connectivity index is 0.000000148. The Hall–Kier alpha value is -16.0. The van der Waals surface area contributed by atoms with E-state index in [0.29, 0.717) is 0 Å². The number of fused-ring (bicyclic) bond motifs is 18. The zero-order chi connectivity index (χ0) is 85.3. The van der Waals surface area contributed by atoms with E-state index in [2.05, 4.69) is 533 Å². The molecule has 4 aliphatic carbocycles. The van der Waals surface area contributed by atoms with Crippen LogP contribution in [0.15, 0.2) is 510 Å². The smallest absolute Gasteiger partial charge is 0.0720 e. The molecule has 0 N–H and O–H groups in total. The van der Waals surface area contributed by atoms with Gasteiger partial charge in [0.25, 0.3) is 0 Å². The van der Waals surface area contributed by atoms with Crippen molar-refractivity contribution >= 4 is 34.1 Å². The minimum absolute atomic E-state index is 0.161. The SMILES string of the molecule is CC1(C)c2ccccc2C2(c3ccccc3-c3c(N(c4ccc(-c5ccccc5)cc4)c4cc(-c5ccccc5)cc(-c5ccccc5)c4)cccc32)c2ccccc21.c1ccc(-c2ccc(N(c3cc(-c4ccccc4)cc(-c4ccccc4)c3)c3cccc4c3-c3ccccc3C43c4ccccc4C(c4ccccc4)(c4ccccc4)c4ccccc43)cc2)cc1. The second-order valence-corrected chi connectivity index (χ2v) is 34.8. The van der Waals surface area contributed by atoms with Crippen LogP contribution in [0.25, 0.3) is 89.0 Å². The summed E-state index contributed by atoms with van der Waals surface area (Å²) in [6.45, 7) is 4.78. The molecule has 0 saturated heterocycles. The summed E-state index contributed by atoms with van der Waals surface area (Å²) in [5.41, 5.74) is 42.4. The van der Waals surface area contributed by atoms with Gasteiger partial charge >= 0.3 is 0 Å². The summed E-state index contributed by atoms with van der Waals surface area (Å²) in [7, 11) is 0. The van der Waals surface area contributed by atoms with Crippen molar-refractivity contribution in [1.29, 1.82) is 0 Å². The molecule has 20 aromatic carbocycles. The first-order valence-electron chi connectivity index (χ1n) is 44.7. The fourth-order valence-corrected chi connectivity index (χ4v) is 22.3. The standard InChI is InChI=1S/C68H47N.C58H43N/c1-6-23-48(24-7-1)51-41-43-56(44-42-51)69(57-46-52(49-25-8-2-9-26-49)45-53(47-57)50-27-10-3-11-28-50)65-40-22-39-64-66(65)58-33-16-17-34-59(58)68(64)62-37-20-18-35-60(62)67(54-29-12-4-13-30-54,55-31-14-5-15-32-55)61-36-19-21-38-63(61)68;1-57(2)50-27-14-16-29-52(50)58(53-30-17-15-28-51(53)57)49-26-13-12-25-48(49)56-54(58)31-18-32-55(56)59(46-35-33-43(34-36-46)40-19-6-3-7-20-40)47-38-44(41-21-8-4-9-22-41)37-45(39-47)42-23-10-5-11-24-42/h1-47H;3-39H,1-2H3. The molecule has 128 heavy (non-hydrogen) atoms. The van der Waals surface area contributed by atoms with Gasteiger partial charge in [-0.05, 0) is 229 Å². The summed E-state index contributed by atoms with van der Waals surface area (Å²) in [4.78, 5) is 5.02. The van der Waals surface area contributed by atoms with Crippen LogP contribution in [0.5, 0.6) is 0 Å². The normalized spacial score (nSPS) is 13.6. The van der Waals surface area contributed by atoms with E-state index in [1.54, 1.807) is 0 Å². The molecule has 2 spiro atoms. The van der Waals surface area contributed by atoms with E-state index in [-0.39, 0.29) is 5.41 Å². The van der Waals surface area contributed by atoms with E-state index < -0.39 is 16.2 Å². The third kappa shape index (κ3) is 12.3. The molecule has 0 aromatic heterocycles. The van der Waals surface area contributed by atoms with Gasteiger partial charge in [0.05, 0.1) is 27.6 Å². The maximum absolute atomic E-state index is 2.52. The number of hydrogen-bond acceptors (Lipinski definition) is 2. The van der Waals surface area contributed by atoms with Crippen molar-refractivity contribution < 1.29 is 0 Å². The molecule has 0 saturated carbocycles. The van der Waals surface area contributed by atoms with E-state index in [4.69, 9.17) is 0 Å². The Morgan fingerprint density at radius 1 is 0.148 bits per heavy atom. The van der Waals surface area contributed by atoms with E-state index in [9.17, 15) is 0 Å². The number of hydrogen-bond donors (Lipinski definition) is 0. The highest BCUT2D eigenvalue weighted by Gasteiger charge is 2.58. The lowest BCUT2D eigenvalue weighted by Gasteiger charge is -2.50. The number of rotatable bonds is 14. The number of nitrogens with zero attached hydrogens (tertiary/aromatic N) is 2. The predicted molar refractivity (Wildman–Crippen MR) is 533 cm³/mol. The van der Waals surface area contributed by atoms with Gasteiger partial charge in [-0.25, -0.2) is 0 Å². The van der Waals surface area contributed by atoms with Crippen molar-refractivity contribution in [2.45, 2.75) is 35.5 Å². The zero-order valence-electron chi connectivity index (χ0n) is 71.4. The van der Waals surface area contributed by atoms with Crippen LogP contribution >= 0.6 is 0 Å². The van der Waals surface area contributed by atoms with Crippen LogP contribution in [-0.4, -0.2) is 0 Å². The first kappa shape index (κ1) is 76.9. The Bertz CT molecular complexity index is 7280. The molecule has 0 unspecified atom stereocenters. The lowest BCUT2D eigenvalue weighted by Crippen LogP contribution is -2.44. The van der Waals surface area contributed by atoms with Crippen LogP contribution in [-0.2, 0) is 21.7 Å². The van der Waals surface area contributed by atoms with Gasteiger partial charge in [-0.2, -0.15) is 0 Å². The van der Waals surface area contributed by atoms with Crippen LogP contribution in [0, 0.1) is 0 Å². The quantitative estimate of drug-likeness (QED) is 0.107. The van der Waals surface area contributed by atoms with E-state index in [1.165, 1.54) is 156 Å². The van der Waals surface area contributed by atoms with Crippen LogP contribution in [0.4, 0.5) is 34.1 Å². The average molecular weight is 1630 g/mol. The summed E-state index contributed by atoms with van der Waals surface area (Å²) >= 11 is 0. The lowest BCUT2D eigenvalue weighted by molar-refractivity contribution is 0.563. The third-order valence-corrected chi connectivity index (χ3v) is 27.7. The Morgan fingerprint density at radius 3 is 0.664 bits per heavy atom. The molecular weight excluding hydrogens is 1540 g/mol. The van der Waals surface area contributed by atoms with Gasteiger partial charge in [-0.15, -0.1) is 0 Å². The Labute approximate surface area is 750 Å². The largest absolute Gasteiger partial charge is 0.310 e. The molecule has 2 heteroatoms. The lowest BCUT2D eigenvalue weighted by atomic mass is 9.51. The maximum Gasteiger partial charge on any atom is 0.0720 e. The van der Waals surface area contributed by atoms with Crippen molar-refractivity contribution in [2.75, 3.05) is 9.80 Å². The van der Waals surface area contributed by atoms with Crippen LogP contribution in [0.3, 0.4) is 0 Å².